The molecule has 6 nitrogen and oxygen atoms in total. The second kappa shape index (κ2) is 10.5. The number of hydrogen-bond acceptors (Lipinski definition) is 4. The highest BCUT2D eigenvalue weighted by Crippen LogP contribution is 2.15. The molecule has 0 N–H and O–H groups in total. The van der Waals surface area contributed by atoms with Gasteiger partial charge in [-0.25, -0.2) is 25.4 Å². The number of benzene rings is 2. The van der Waals surface area contributed by atoms with Gasteiger partial charge in [-0.15, -0.1) is 0 Å². The van der Waals surface area contributed by atoms with Crippen molar-refractivity contribution in [3.05, 3.63) is 59.7 Å². The predicted octanol–water partition coefficient (Wildman–Crippen LogP) is 3.33. The first-order valence-corrected chi connectivity index (χ1v) is 12.6. The van der Waals surface area contributed by atoms with Gasteiger partial charge in [-0.3, -0.25) is 0 Å². The molecule has 0 saturated heterocycles. The van der Waals surface area contributed by atoms with Crippen molar-refractivity contribution in [1.82, 2.24) is 8.61 Å². The van der Waals surface area contributed by atoms with E-state index in [4.69, 9.17) is 0 Å². The van der Waals surface area contributed by atoms with Crippen LogP contribution in [-0.4, -0.2) is 53.6 Å². The van der Waals surface area contributed by atoms with Gasteiger partial charge in [0.05, 0.1) is 9.79 Å². The van der Waals surface area contributed by atoms with E-state index >= 15 is 0 Å². The normalized spacial score (nSPS) is 12.0. The first-order valence-electron chi connectivity index (χ1n) is 8.55. The highest BCUT2D eigenvalue weighted by atomic mass is 79.9. The molecule has 0 atom stereocenters. The van der Waals surface area contributed by atoms with E-state index in [1.807, 2.05) is 19.1 Å². The lowest BCUT2D eigenvalue weighted by atomic mass is 10.2. The Hall–Kier alpha value is -1.26. The highest BCUT2D eigenvalue weighted by molar-refractivity contribution is 9.08. The lowest BCUT2D eigenvalue weighted by Gasteiger charge is -2.11. The van der Waals surface area contributed by atoms with Crippen LogP contribution in [0.15, 0.2) is 58.3 Å². The number of alkyl halides is 1. The molecule has 0 saturated carbocycles. The van der Waals surface area contributed by atoms with Gasteiger partial charge in [0, 0.05) is 33.5 Å². The molecule has 2 rings (SSSR count). The minimum absolute atomic E-state index is 0.326. The van der Waals surface area contributed by atoms with Crippen molar-refractivity contribution in [2.24, 2.45) is 0 Å². The lowest BCUT2D eigenvalue weighted by Crippen LogP contribution is -2.22. The molecule has 156 valence electrons. The molecule has 0 amide bonds. The minimum Gasteiger partial charge on any atom is -0.207 e. The Kier molecular flexibility index (Phi) is 9.29. The van der Waals surface area contributed by atoms with Gasteiger partial charge in [0.25, 0.3) is 0 Å². The van der Waals surface area contributed by atoms with Gasteiger partial charge < -0.3 is 0 Å². The fourth-order valence-corrected chi connectivity index (χ4v) is 4.25. The van der Waals surface area contributed by atoms with Crippen molar-refractivity contribution in [2.45, 2.75) is 28.5 Å². The Balaban J connectivity index is 0.000000280. The molecule has 0 aliphatic rings. The van der Waals surface area contributed by atoms with E-state index < -0.39 is 20.0 Å². The van der Waals surface area contributed by atoms with Crippen molar-refractivity contribution < 1.29 is 16.8 Å². The Morgan fingerprint density at radius 3 is 1.25 bits per heavy atom. The van der Waals surface area contributed by atoms with E-state index in [0.717, 1.165) is 22.9 Å². The summed E-state index contributed by atoms with van der Waals surface area (Å²) in [7, 11) is -0.448. The summed E-state index contributed by atoms with van der Waals surface area (Å²) in [5, 5.41) is 0.731. The van der Waals surface area contributed by atoms with Crippen molar-refractivity contribution in [1.29, 1.82) is 0 Å². The monoisotopic (exact) mass is 490 g/mol. The Labute approximate surface area is 177 Å². The molecule has 0 aliphatic heterocycles. The number of halogens is 1. The van der Waals surface area contributed by atoms with Crippen molar-refractivity contribution >= 4 is 36.0 Å². The molecular formula is C19H27BrN2O4S2. The fraction of sp³-hybridized carbons (Fsp3) is 0.368. The van der Waals surface area contributed by atoms with Crippen LogP contribution >= 0.6 is 15.9 Å². The Bertz CT molecular complexity index is 872. The minimum atomic E-state index is -3.28. The van der Waals surface area contributed by atoms with Crippen LogP contribution in [0.5, 0.6) is 0 Å². The third-order valence-corrected chi connectivity index (χ3v) is 8.27. The zero-order chi connectivity index (χ0) is 21.5. The van der Waals surface area contributed by atoms with E-state index in [1.54, 1.807) is 36.4 Å². The SMILES string of the molecule is CCc1ccc(S(=O)(=O)N(C)C)cc1.CN(C)S(=O)(=O)c1ccc(CBr)cc1. The molecule has 28 heavy (non-hydrogen) atoms. The summed E-state index contributed by atoms with van der Waals surface area (Å²) in [4.78, 5) is 0.673. The molecular weight excluding hydrogens is 464 g/mol. The Morgan fingerprint density at radius 2 is 1.00 bits per heavy atom. The van der Waals surface area contributed by atoms with Crippen LogP contribution in [0.3, 0.4) is 0 Å². The van der Waals surface area contributed by atoms with Crippen LogP contribution < -0.4 is 0 Å². The lowest BCUT2D eigenvalue weighted by molar-refractivity contribution is 0.519. The molecule has 0 aromatic heterocycles. The number of hydrogen-bond donors (Lipinski definition) is 0. The average molecular weight is 491 g/mol. The number of rotatable bonds is 6. The summed E-state index contributed by atoms with van der Waals surface area (Å²) in [6.07, 6.45) is 0.919. The summed E-state index contributed by atoms with van der Waals surface area (Å²) in [6, 6.07) is 13.8. The average Bonchev–Trinajstić information content (AvgIpc) is 2.68. The van der Waals surface area contributed by atoms with Gasteiger partial charge in [-0.2, -0.15) is 0 Å². The molecule has 2 aromatic carbocycles. The van der Waals surface area contributed by atoms with Crippen molar-refractivity contribution in [2.75, 3.05) is 28.2 Å². The second-order valence-electron chi connectivity index (χ2n) is 6.35. The van der Waals surface area contributed by atoms with Crippen molar-refractivity contribution in [3.63, 3.8) is 0 Å². The van der Waals surface area contributed by atoms with Gasteiger partial charge in [0.15, 0.2) is 0 Å². The van der Waals surface area contributed by atoms with Gasteiger partial charge in [0.2, 0.25) is 20.0 Å². The third kappa shape index (κ3) is 6.38. The summed E-state index contributed by atoms with van der Waals surface area (Å²) < 4.78 is 49.0. The maximum atomic E-state index is 11.7. The van der Waals surface area contributed by atoms with Gasteiger partial charge in [-0.05, 0) is 41.8 Å². The molecule has 2 aromatic rings. The molecule has 0 unspecified atom stereocenters. The van der Waals surface area contributed by atoms with Crippen LogP contribution in [0.1, 0.15) is 18.1 Å². The third-order valence-electron chi connectivity index (χ3n) is 3.97. The molecule has 0 fully saturated rings. The summed E-state index contributed by atoms with van der Waals surface area (Å²) in [6.45, 7) is 2.04. The number of nitrogens with zero attached hydrogens (tertiary/aromatic N) is 2. The predicted molar refractivity (Wildman–Crippen MR) is 117 cm³/mol. The molecule has 0 heterocycles. The van der Waals surface area contributed by atoms with Gasteiger partial charge >= 0.3 is 0 Å². The van der Waals surface area contributed by atoms with E-state index in [1.165, 1.54) is 36.8 Å². The first-order chi connectivity index (χ1) is 13.0. The smallest absolute Gasteiger partial charge is 0.207 e. The largest absolute Gasteiger partial charge is 0.242 e. The van der Waals surface area contributed by atoms with Crippen molar-refractivity contribution in [3.8, 4) is 0 Å². The molecule has 0 aliphatic carbocycles. The fourth-order valence-electron chi connectivity index (χ4n) is 2.07. The maximum absolute atomic E-state index is 11.7. The standard InChI is InChI=1S/C10H15NO2S.C9H12BrNO2S/c1-4-9-5-7-10(8-6-9)14(12,13)11(2)3;1-11(2)14(12,13)9-5-3-8(7-10)4-6-9/h5-8H,4H2,1-3H3;3-6H,7H2,1-2H3. The maximum Gasteiger partial charge on any atom is 0.242 e. The summed E-state index contributed by atoms with van der Waals surface area (Å²) >= 11 is 3.30. The van der Waals surface area contributed by atoms with Gasteiger partial charge in [-0.1, -0.05) is 47.1 Å². The van der Waals surface area contributed by atoms with E-state index in [9.17, 15) is 16.8 Å². The van der Waals surface area contributed by atoms with Crippen LogP contribution in [0.2, 0.25) is 0 Å². The number of aryl methyl sites for hydroxylation is 1. The van der Waals surface area contributed by atoms with Gasteiger partial charge in [0.1, 0.15) is 0 Å². The van der Waals surface area contributed by atoms with Crippen LogP contribution in [0.4, 0.5) is 0 Å². The van der Waals surface area contributed by atoms with Crippen LogP contribution in [0.25, 0.3) is 0 Å². The quantitative estimate of drug-likeness (QED) is 0.581. The molecule has 0 radical (unpaired) electrons. The second-order valence-corrected chi connectivity index (χ2v) is 11.2. The zero-order valence-electron chi connectivity index (χ0n) is 16.8. The van der Waals surface area contributed by atoms with E-state index in [2.05, 4.69) is 15.9 Å². The first kappa shape index (κ1) is 24.8. The highest BCUT2D eigenvalue weighted by Gasteiger charge is 2.17. The molecule has 0 bridgehead atoms. The van der Waals surface area contributed by atoms with Crippen LogP contribution in [0, 0.1) is 0 Å². The molecule has 0 spiro atoms. The zero-order valence-corrected chi connectivity index (χ0v) is 20.0. The van der Waals surface area contributed by atoms with E-state index in [0.29, 0.717) is 9.79 Å². The Morgan fingerprint density at radius 1 is 0.679 bits per heavy atom. The summed E-state index contributed by atoms with van der Waals surface area (Å²) in [5.74, 6) is 0. The van der Waals surface area contributed by atoms with Crippen LogP contribution in [-0.2, 0) is 31.8 Å². The summed E-state index contributed by atoms with van der Waals surface area (Å²) in [5.41, 5.74) is 2.20. The number of sulfonamides is 2. The van der Waals surface area contributed by atoms with E-state index in [-0.39, 0.29) is 0 Å². The topological polar surface area (TPSA) is 74.8 Å². The molecule has 9 heteroatoms.